The minimum Gasteiger partial charge on any atom is -0.349 e. The predicted octanol–water partition coefficient (Wildman–Crippen LogP) is -0.502. The average molecular weight is 185 g/mol. The molecule has 0 spiro atoms. The lowest BCUT2D eigenvalue weighted by atomic mass is 10.3. The maximum absolute atomic E-state index is 11.2. The Kier molecular flexibility index (Phi) is 3.69. The van der Waals surface area contributed by atoms with Crippen molar-refractivity contribution < 1.29 is 4.79 Å². The molecular weight excluding hydrogens is 166 g/mol. The fourth-order valence-electron chi connectivity index (χ4n) is 1.54. The maximum atomic E-state index is 11.2. The highest BCUT2D eigenvalue weighted by atomic mass is 16.2. The summed E-state index contributed by atoms with van der Waals surface area (Å²) in [7, 11) is 3.58. The quantitative estimate of drug-likeness (QED) is 0.645. The van der Waals surface area contributed by atoms with Crippen LogP contribution in [-0.2, 0) is 4.79 Å². The molecule has 1 aliphatic heterocycles. The molecule has 4 nitrogen and oxygen atoms in total. The van der Waals surface area contributed by atoms with Crippen LogP contribution in [0.3, 0.4) is 0 Å². The van der Waals surface area contributed by atoms with E-state index in [1.54, 1.807) is 19.0 Å². The lowest BCUT2D eigenvalue weighted by Crippen LogP contribution is -2.31. The highest BCUT2D eigenvalue weighted by molar-refractivity contribution is 5.75. The van der Waals surface area contributed by atoms with E-state index in [0.29, 0.717) is 12.5 Å². The number of likely N-dealkylation sites (tertiary alicyclic amines) is 1. The number of carbonyl (C=O) groups excluding carboxylic acids is 1. The fourth-order valence-corrected chi connectivity index (χ4v) is 1.54. The summed E-state index contributed by atoms with van der Waals surface area (Å²) in [6, 6.07) is 0.314. The molecule has 1 aliphatic rings. The van der Waals surface area contributed by atoms with E-state index < -0.39 is 0 Å². The average Bonchev–Trinajstić information content (AvgIpc) is 2.47. The number of nitrogens with zero attached hydrogens (tertiary/aromatic N) is 2. The van der Waals surface area contributed by atoms with E-state index in [0.717, 1.165) is 26.1 Å². The molecule has 1 rings (SSSR count). The molecule has 0 radical (unpaired) electrons. The second-order valence-corrected chi connectivity index (χ2v) is 3.89. The molecular formula is C9H19N3O. The summed E-state index contributed by atoms with van der Waals surface area (Å²) in [5.74, 6) is 0.195. The lowest BCUT2D eigenvalue weighted by Gasteiger charge is -2.16. The van der Waals surface area contributed by atoms with E-state index in [2.05, 4.69) is 4.90 Å². The largest absolute Gasteiger partial charge is 0.349 e. The first-order valence-corrected chi connectivity index (χ1v) is 4.77. The van der Waals surface area contributed by atoms with Crippen molar-refractivity contribution in [3.63, 3.8) is 0 Å². The molecule has 0 saturated carbocycles. The van der Waals surface area contributed by atoms with Gasteiger partial charge < -0.3 is 15.5 Å². The monoisotopic (exact) mass is 185 g/mol. The summed E-state index contributed by atoms with van der Waals surface area (Å²) in [5, 5.41) is 0. The minimum atomic E-state index is 0.195. The van der Waals surface area contributed by atoms with Crippen molar-refractivity contribution in [3.8, 4) is 0 Å². The third kappa shape index (κ3) is 3.32. The molecule has 2 N–H and O–H groups in total. The molecule has 76 valence electrons. The second kappa shape index (κ2) is 4.58. The van der Waals surface area contributed by atoms with Crippen LogP contribution < -0.4 is 5.73 Å². The van der Waals surface area contributed by atoms with Crippen molar-refractivity contribution in [2.24, 2.45) is 5.73 Å². The van der Waals surface area contributed by atoms with Crippen LogP contribution in [0.4, 0.5) is 0 Å². The zero-order valence-electron chi connectivity index (χ0n) is 8.49. The van der Waals surface area contributed by atoms with Crippen LogP contribution in [0, 0.1) is 0 Å². The van der Waals surface area contributed by atoms with Crippen LogP contribution in [0.5, 0.6) is 0 Å². The first-order valence-electron chi connectivity index (χ1n) is 4.77. The van der Waals surface area contributed by atoms with Crippen LogP contribution in [0.15, 0.2) is 0 Å². The summed E-state index contributed by atoms with van der Waals surface area (Å²) >= 11 is 0. The highest BCUT2D eigenvalue weighted by Gasteiger charge is 2.19. The lowest BCUT2D eigenvalue weighted by molar-refractivity contribution is -0.128. The third-order valence-electron chi connectivity index (χ3n) is 2.45. The van der Waals surface area contributed by atoms with Crippen molar-refractivity contribution in [3.05, 3.63) is 0 Å². The molecule has 1 fully saturated rings. The van der Waals surface area contributed by atoms with Gasteiger partial charge in [0.05, 0.1) is 0 Å². The number of rotatable bonds is 3. The topological polar surface area (TPSA) is 49.6 Å². The number of nitrogens with two attached hydrogens (primary N) is 1. The molecule has 0 aromatic heterocycles. The first kappa shape index (κ1) is 10.5. The van der Waals surface area contributed by atoms with Gasteiger partial charge in [0.2, 0.25) is 5.91 Å². The Morgan fingerprint density at radius 2 is 2.31 bits per heavy atom. The molecule has 1 atom stereocenters. The Morgan fingerprint density at radius 1 is 1.62 bits per heavy atom. The van der Waals surface area contributed by atoms with E-state index in [1.165, 1.54) is 0 Å². The minimum absolute atomic E-state index is 0.195. The molecule has 1 saturated heterocycles. The summed E-state index contributed by atoms with van der Waals surface area (Å²) in [6.07, 6.45) is 1.68. The van der Waals surface area contributed by atoms with Gasteiger partial charge in [0, 0.05) is 39.6 Å². The zero-order valence-corrected chi connectivity index (χ0v) is 8.49. The van der Waals surface area contributed by atoms with Crippen molar-refractivity contribution in [1.29, 1.82) is 0 Å². The Labute approximate surface area is 79.7 Å². The number of hydrogen-bond donors (Lipinski definition) is 1. The molecule has 0 aliphatic carbocycles. The Morgan fingerprint density at radius 3 is 2.77 bits per heavy atom. The molecule has 1 amide bonds. The van der Waals surface area contributed by atoms with Gasteiger partial charge in [-0.2, -0.15) is 0 Å². The van der Waals surface area contributed by atoms with Crippen molar-refractivity contribution >= 4 is 5.91 Å². The van der Waals surface area contributed by atoms with Crippen LogP contribution in [0.1, 0.15) is 12.8 Å². The molecule has 0 aromatic rings. The van der Waals surface area contributed by atoms with Gasteiger partial charge >= 0.3 is 0 Å². The smallest absolute Gasteiger partial charge is 0.223 e. The Balaban J connectivity index is 2.16. The van der Waals surface area contributed by atoms with Crippen molar-refractivity contribution in [2.75, 3.05) is 33.7 Å². The highest BCUT2D eigenvalue weighted by Crippen LogP contribution is 2.07. The third-order valence-corrected chi connectivity index (χ3v) is 2.45. The normalized spacial score (nSPS) is 23.5. The van der Waals surface area contributed by atoms with Gasteiger partial charge in [0.25, 0.3) is 0 Å². The summed E-state index contributed by atoms with van der Waals surface area (Å²) in [5.41, 5.74) is 5.75. The van der Waals surface area contributed by atoms with Gasteiger partial charge in [-0.25, -0.2) is 0 Å². The molecule has 13 heavy (non-hydrogen) atoms. The summed E-state index contributed by atoms with van der Waals surface area (Å²) < 4.78 is 0. The predicted molar refractivity (Wildman–Crippen MR) is 52.3 cm³/mol. The van der Waals surface area contributed by atoms with Crippen LogP contribution in [0.2, 0.25) is 0 Å². The van der Waals surface area contributed by atoms with Crippen LogP contribution in [0.25, 0.3) is 0 Å². The number of carbonyl (C=O) groups is 1. The van der Waals surface area contributed by atoms with Gasteiger partial charge in [-0.15, -0.1) is 0 Å². The Hall–Kier alpha value is -0.610. The van der Waals surface area contributed by atoms with E-state index in [1.807, 2.05) is 0 Å². The second-order valence-electron chi connectivity index (χ2n) is 3.89. The van der Waals surface area contributed by atoms with Gasteiger partial charge in [0.1, 0.15) is 0 Å². The fraction of sp³-hybridized carbons (Fsp3) is 0.889. The van der Waals surface area contributed by atoms with E-state index in [9.17, 15) is 4.79 Å². The van der Waals surface area contributed by atoms with E-state index in [4.69, 9.17) is 5.73 Å². The van der Waals surface area contributed by atoms with Crippen LogP contribution in [-0.4, -0.2) is 55.5 Å². The standard InChI is InChI=1S/C9H19N3O/c1-11(2)9(13)4-6-12-5-3-8(10)7-12/h8H,3-7,10H2,1-2H3/t8-/m0/s1. The number of hydrogen-bond acceptors (Lipinski definition) is 3. The maximum Gasteiger partial charge on any atom is 0.223 e. The summed E-state index contributed by atoms with van der Waals surface area (Å²) in [4.78, 5) is 15.1. The zero-order chi connectivity index (χ0) is 9.84. The SMILES string of the molecule is CN(C)C(=O)CCN1CC[C@H](N)C1. The molecule has 1 heterocycles. The number of amides is 1. The molecule has 4 heteroatoms. The molecule has 0 unspecified atom stereocenters. The van der Waals surface area contributed by atoms with Crippen molar-refractivity contribution in [2.45, 2.75) is 18.9 Å². The van der Waals surface area contributed by atoms with E-state index >= 15 is 0 Å². The molecule has 0 aromatic carbocycles. The molecule has 0 bridgehead atoms. The van der Waals surface area contributed by atoms with E-state index in [-0.39, 0.29) is 5.91 Å². The van der Waals surface area contributed by atoms with Crippen molar-refractivity contribution in [1.82, 2.24) is 9.80 Å². The van der Waals surface area contributed by atoms with Gasteiger partial charge in [-0.3, -0.25) is 4.79 Å². The van der Waals surface area contributed by atoms with Gasteiger partial charge in [0.15, 0.2) is 0 Å². The Bertz CT molecular complexity index is 182. The van der Waals surface area contributed by atoms with Gasteiger partial charge in [-0.1, -0.05) is 0 Å². The van der Waals surface area contributed by atoms with Gasteiger partial charge in [-0.05, 0) is 13.0 Å². The summed E-state index contributed by atoms with van der Waals surface area (Å²) in [6.45, 7) is 2.84. The van der Waals surface area contributed by atoms with Crippen LogP contribution >= 0.6 is 0 Å². The first-order chi connectivity index (χ1) is 6.09.